The van der Waals surface area contributed by atoms with Gasteiger partial charge in [-0.1, -0.05) is 41.6 Å². The quantitative estimate of drug-likeness (QED) is 0.478. The largest absolute Gasteiger partial charge is 0.494 e. The number of aromatic hydroxyl groups is 1. The van der Waals surface area contributed by atoms with Crippen molar-refractivity contribution in [1.82, 2.24) is 15.6 Å². The number of nitrogens with zero attached hydrogens (tertiary/aromatic N) is 2. The molecule has 0 bridgehead atoms. The van der Waals surface area contributed by atoms with Crippen LogP contribution in [0, 0.1) is 11.8 Å². The highest BCUT2D eigenvalue weighted by atomic mass is 16.6. The number of oxime groups is 1. The second-order valence-electron chi connectivity index (χ2n) is 8.16. The normalized spacial score (nSPS) is 24.7. The molecule has 2 aliphatic heterocycles. The number of aromatic amines is 1. The van der Waals surface area contributed by atoms with E-state index in [9.17, 15) is 9.90 Å². The molecule has 8 heteroatoms. The van der Waals surface area contributed by atoms with E-state index in [1.54, 1.807) is 0 Å². The van der Waals surface area contributed by atoms with Gasteiger partial charge in [0.2, 0.25) is 0 Å². The molecule has 1 saturated carbocycles. The van der Waals surface area contributed by atoms with Crippen LogP contribution in [0.2, 0.25) is 0 Å². The highest BCUT2D eigenvalue weighted by molar-refractivity contribution is 6.58. The van der Waals surface area contributed by atoms with Crippen molar-refractivity contribution in [2.45, 2.75) is 6.04 Å². The van der Waals surface area contributed by atoms with E-state index in [2.05, 4.69) is 20.8 Å². The van der Waals surface area contributed by atoms with Gasteiger partial charge in [-0.15, -0.1) is 0 Å². The SMILES string of the molecule is O=C(CO/N=C1/C(c2c(O)[nH]c3ccccc23)=Nc2ccccc21)NC1[C@H]2CNC[C@@H]12. The molecule has 3 atom stereocenters. The lowest BCUT2D eigenvalue weighted by Gasteiger charge is -2.08. The van der Waals surface area contributed by atoms with Crippen LogP contribution in [0.5, 0.6) is 5.88 Å². The summed E-state index contributed by atoms with van der Waals surface area (Å²) in [6.07, 6.45) is 0. The number of benzene rings is 2. The van der Waals surface area contributed by atoms with Gasteiger partial charge < -0.3 is 25.6 Å². The van der Waals surface area contributed by atoms with Gasteiger partial charge in [-0.05, 0) is 24.0 Å². The van der Waals surface area contributed by atoms with Crippen molar-refractivity contribution >= 4 is 33.9 Å². The van der Waals surface area contributed by atoms with Gasteiger partial charge in [0.05, 0.1) is 11.3 Å². The van der Waals surface area contributed by atoms with Crippen LogP contribution in [0.25, 0.3) is 10.9 Å². The van der Waals surface area contributed by atoms with Gasteiger partial charge in [0.25, 0.3) is 5.91 Å². The van der Waals surface area contributed by atoms with Gasteiger partial charge >= 0.3 is 0 Å². The lowest BCUT2D eigenvalue weighted by molar-refractivity contribution is -0.125. The number of para-hydroxylation sites is 2. The van der Waals surface area contributed by atoms with Crippen LogP contribution in [0.1, 0.15) is 11.1 Å². The molecular weight excluding hydrogens is 394 g/mol. The number of nitrogens with one attached hydrogen (secondary N) is 3. The monoisotopic (exact) mass is 415 g/mol. The zero-order valence-electron chi connectivity index (χ0n) is 16.6. The van der Waals surface area contributed by atoms with E-state index in [0.717, 1.165) is 35.2 Å². The van der Waals surface area contributed by atoms with Crippen LogP contribution in [0.4, 0.5) is 5.69 Å². The van der Waals surface area contributed by atoms with Gasteiger partial charge in [0.15, 0.2) is 12.5 Å². The van der Waals surface area contributed by atoms with Crippen molar-refractivity contribution in [1.29, 1.82) is 0 Å². The Morgan fingerprint density at radius 2 is 1.94 bits per heavy atom. The Hall–Kier alpha value is -3.65. The fourth-order valence-corrected chi connectivity index (χ4v) is 4.72. The Bertz CT molecular complexity index is 1250. The van der Waals surface area contributed by atoms with E-state index in [1.165, 1.54) is 0 Å². The summed E-state index contributed by atoms with van der Waals surface area (Å²) >= 11 is 0. The lowest BCUT2D eigenvalue weighted by atomic mass is 10.0. The maximum Gasteiger partial charge on any atom is 0.261 e. The van der Waals surface area contributed by atoms with Gasteiger partial charge in [-0.2, -0.15) is 0 Å². The summed E-state index contributed by atoms with van der Waals surface area (Å²) in [5.41, 5.74) is 3.92. The summed E-state index contributed by atoms with van der Waals surface area (Å²) in [6.45, 7) is 1.76. The van der Waals surface area contributed by atoms with E-state index < -0.39 is 0 Å². The number of hydrogen-bond acceptors (Lipinski definition) is 6. The van der Waals surface area contributed by atoms with Gasteiger partial charge in [0, 0.05) is 35.6 Å². The fraction of sp³-hybridized carbons (Fsp3) is 0.261. The minimum absolute atomic E-state index is 0.0204. The Morgan fingerprint density at radius 1 is 1.16 bits per heavy atom. The first-order chi connectivity index (χ1) is 15.2. The molecule has 3 aliphatic rings. The number of fused-ring (bicyclic) bond motifs is 3. The van der Waals surface area contributed by atoms with E-state index in [1.807, 2.05) is 48.5 Å². The van der Waals surface area contributed by atoms with E-state index in [0.29, 0.717) is 28.8 Å². The van der Waals surface area contributed by atoms with Gasteiger partial charge in [0.1, 0.15) is 11.4 Å². The Kier molecular flexibility index (Phi) is 4.07. The van der Waals surface area contributed by atoms with Crippen LogP contribution >= 0.6 is 0 Å². The Labute approximate surface area is 178 Å². The Morgan fingerprint density at radius 3 is 2.81 bits per heavy atom. The van der Waals surface area contributed by atoms with Gasteiger partial charge in [-0.25, -0.2) is 4.99 Å². The molecule has 1 saturated heterocycles. The summed E-state index contributed by atoms with van der Waals surface area (Å²) in [5, 5.41) is 22.0. The van der Waals surface area contributed by atoms with E-state index in [4.69, 9.17) is 9.83 Å². The number of carbonyl (C=O) groups excluding carboxylic acids is 1. The molecule has 2 aromatic carbocycles. The molecule has 1 unspecified atom stereocenters. The van der Waals surface area contributed by atoms with Gasteiger partial charge in [-0.3, -0.25) is 4.79 Å². The molecule has 156 valence electrons. The minimum Gasteiger partial charge on any atom is -0.494 e. The molecule has 0 spiro atoms. The summed E-state index contributed by atoms with van der Waals surface area (Å²) < 4.78 is 0. The van der Waals surface area contributed by atoms with Crippen molar-refractivity contribution in [2.24, 2.45) is 22.0 Å². The van der Waals surface area contributed by atoms with Crippen molar-refractivity contribution in [3.05, 3.63) is 59.7 Å². The predicted octanol–water partition coefficient (Wildman–Crippen LogP) is 2.06. The number of amides is 1. The predicted molar refractivity (Wildman–Crippen MR) is 117 cm³/mol. The molecule has 1 aromatic heterocycles. The van der Waals surface area contributed by atoms with Crippen LogP contribution in [-0.4, -0.2) is 53.2 Å². The highest BCUT2D eigenvalue weighted by Crippen LogP contribution is 2.41. The zero-order chi connectivity index (χ0) is 20.9. The highest BCUT2D eigenvalue weighted by Gasteiger charge is 2.53. The van der Waals surface area contributed by atoms with Crippen LogP contribution in [0.15, 0.2) is 58.7 Å². The van der Waals surface area contributed by atoms with Crippen LogP contribution in [0.3, 0.4) is 0 Å². The average molecular weight is 415 g/mol. The third kappa shape index (κ3) is 2.98. The summed E-state index contributed by atoms with van der Waals surface area (Å²) in [5.74, 6) is 0.927. The maximum atomic E-state index is 12.3. The zero-order valence-corrected chi connectivity index (χ0v) is 16.6. The van der Waals surface area contributed by atoms with Crippen molar-refractivity contribution in [3.8, 4) is 5.88 Å². The Balaban J connectivity index is 1.27. The summed E-state index contributed by atoms with van der Waals surface area (Å²) in [7, 11) is 0. The molecule has 8 nitrogen and oxygen atoms in total. The molecule has 0 radical (unpaired) electrons. The average Bonchev–Trinajstić information content (AvgIpc) is 3.15. The molecule has 6 rings (SSSR count). The molecule has 3 aromatic rings. The van der Waals surface area contributed by atoms with Crippen LogP contribution in [-0.2, 0) is 9.63 Å². The third-order valence-corrected chi connectivity index (χ3v) is 6.31. The second-order valence-corrected chi connectivity index (χ2v) is 8.16. The number of carbonyl (C=O) groups is 1. The standard InChI is InChI=1S/C23H21N5O3/c29-18(27-20-14-9-24-10-15(14)20)11-31-28-21-13-6-2-4-8-17(13)25-22(21)19-12-5-1-3-7-16(12)26-23(19)30/h1-8,14-15,20,24,26,30H,9-11H2,(H,27,29)/b28-21+/t14-,15+,20?. The first-order valence-electron chi connectivity index (χ1n) is 10.4. The third-order valence-electron chi connectivity index (χ3n) is 6.31. The molecule has 1 amide bonds. The molecule has 2 fully saturated rings. The number of piperidine rings is 1. The fourth-order valence-electron chi connectivity index (χ4n) is 4.72. The first-order valence-corrected chi connectivity index (χ1v) is 10.4. The maximum absolute atomic E-state index is 12.3. The number of aromatic nitrogens is 1. The van der Waals surface area contributed by atoms with Crippen molar-refractivity contribution in [3.63, 3.8) is 0 Å². The number of rotatable bonds is 5. The second kappa shape index (κ2) is 6.95. The molecule has 4 N–H and O–H groups in total. The minimum atomic E-state index is -0.177. The van der Waals surface area contributed by atoms with E-state index in [-0.39, 0.29) is 24.4 Å². The number of H-pyrrole nitrogens is 1. The smallest absolute Gasteiger partial charge is 0.261 e. The number of hydrogen-bond donors (Lipinski definition) is 4. The van der Waals surface area contributed by atoms with Crippen molar-refractivity contribution in [2.75, 3.05) is 19.7 Å². The molecule has 1 aliphatic carbocycles. The number of aliphatic imine (C=N–C) groups is 1. The molecular formula is C23H21N5O3. The first kappa shape index (κ1) is 18.1. The summed E-state index contributed by atoms with van der Waals surface area (Å²) in [4.78, 5) is 25.4. The molecule has 31 heavy (non-hydrogen) atoms. The van der Waals surface area contributed by atoms with Crippen molar-refractivity contribution < 1.29 is 14.7 Å². The molecule has 3 heterocycles. The van der Waals surface area contributed by atoms with E-state index >= 15 is 0 Å². The topological polar surface area (TPSA) is 111 Å². The summed E-state index contributed by atoms with van der Waals surface area (Å²) in [6, 6.07) is 15.4. The van der Waals surface area contributed by atoms with Crippen LogP contribution < -0.4 is 10.6 Å². The lowest BCUT2D eigenvalue weighted by Crippen LogP contribution is -2.34.